The summed E-state index contributed by atoms with van der Waals surface area (Å²) in [5, 5.41) is 19.2. The Morgan fingerprint density at radius 1 is 1.19 bits per heavy atom. The van der Waals surface area contributed by atoms with Crippen molar-refractivity contribution in [2.75, 3.05) is 6.61 Å². The highest BCUT2D eigenvalue weighted by Crippen LogP contribution is 2.25. The number of H-pyrrole nitrogens is 1. The number of aromatic hydroxyl groups is 1. The molecule has 0 aliphatic carbocycles. The molecule has 2 N–H and O–H groups in total. The van der Waals surface area contributed by atoms with Gasteiger partial charge in [0.15, 0.2) is 12.4 Å². The van der Waals surface area contributed by atoms with Crippen LogP contribution in [0.25, 0.3) is 17.0 Å². The van der Waals surface area contributed by atoms with Gasteiger partial charge in [0, 0.05) is 5.39 Å². The summed E-state index contributed by atoms with van der Waals surface area (Å²) in [5.74, 6) is -0.391. The lowest BCUT2D eigenvalue weighted by atomic mass is 10.1. The Labute approximate surface area is 148 Å². The zero-order chi connectivity index (χ0) is 18.5. The number of nitrogens with zero attached hydrogens (tertiary/aromatic N) is 1. The quantitative estimate of drug-likeness (QED) is 0.546. The van der Waals surface area contributed by atoms with Crippen LogP contribution in [0.15, 0.2) is 59.4 Å². The Balaban J connectivity index is 1.86. The van der Waals surface area contributed by atoms with Crippen LogP contribution >= 0.6 is 0 Å². The first-order valence-electron chi connectivity index (χ1n) is 7.76. The number of allylic oxidation sites excluding steroid dienone is 1. The molecule has 6 heteroatoms. The lowest BCUT2D eigenvalue weighted by Gasteiger charge is -2.05. The maximum absolute atomic E-state index is 12.4. The number of carbonyl (C=O) groups is 1. The Morgan fingerprint density at radius 3 is 2.65 bits per heavy atom. The number of benzene rings is 2. The summed E-state index contributed by atoms with van der Waals surface area (Å²) < 4.78 is 5.15. The van der Waals surface area contributed by atoms with Crippen molar-refractivity contribution in [3.05, 3.63) is 76.1 Å². The van der Waals surface area contributed by atoms with Gasteiger partial charge in [-0.15, -0.1) is 0 Å². The van der Waals surface area contributed by atoms with E-state index in [1.807, 2.05) is 6.07 Å². The van der Waals surface area contributed by atoms with Crippen molar-refractivity contribution in [3.8, 4) is 17.6 Å². The minimum Gasteiger partial charge on any atom is -0.506 e. The maximum Gasteiger partial charge on any atom is 0.263 e. The van der Waals surface area contributed by atoms with Gasteiger partial charge in [0.2, 0.25) is 0 Å². The minimum atomic E-state index is -0.642. The molecule has 1 aromatic heterocycles. The van der Waals surface area contributed by atoms with Crippen LogP contribution in [-0.2, 0) is 0 Å². The summed E-state index contributed by atoms with van der Waals surface area (Å²) in [6, 6.07) is 15.3. The van der Waals surface area contributed by atoms with E-state index in [9.17, 15) is 14.7 Å². The third-order valence-electron chi connectivity index (χ3n) is 3.75. The number of ether oxygens (including phenoxy) is 1. The first-order valence-corrected chi connectivity index (χ1v) is 7.76. The van der Waals surface area contributed by atoms with Crippen LogP contribution in [-0.4, -0.2) is 22.5 Å². The van der Waals surface area contributed by atoms with Gasteiger partial charge in [-0.2, -0.15) is 5.26 Å². The van der Waals surface area contributed by atoms with Crippen LogP contribution in [0.4, 0.5) is 0 Å². The van der Waals surface area contributed by atoms with Crippen LogP contribution in [0.3, 0.4) is 0 Å². The average molecular weight is 346 g/mol. The Bertz CT molecular complexity index is 1090. The van der Waals surface area contributed by atoms with Crippen LogP contribution in [0.1, 0.15) is 15.9 Å². The molecule has 3 rings (SSSR count). The van der Waals surface area contributed by atoms with Crippen LogP contribution in [0.5, 0.6) is 11.5 Å². The SMILES string of the molecule is N#CCOc1ccc(/C=C/C(=O)c2c(O)c3ccccc3[nH]c2=O)cc1. The van der Waals surface area contributed by atoms with Gasteiger partial charge in [-0.1, -0.05) is 30.3 Å². The monoisotopic (exact) mass is 346 g/mol. The standard InChI is InChI=1S/C20H14N2O4/c21-11-12-26-14-8-5-13(6-9-14)7-10-17(23)18-19(24)15-3-1-2-4-16(15)22-20(18)25/h1-10H,12H2,(H2,22,24,25)/b10-7+. The van der Waals surface area contributed by atoms with Gasteiger partial charge in [-0.05, 0) is 35.9 Å². The second-order valence-corrected chi connectivity index (χ2v) is 5.44. The number of aromatic amines is 1. The van der Waals surface area contributed by atoms with Crippen molar-refractivity contribution >= 4 is 22.8 Å². The molecule has 0 fully saturated rings. The number of fused-ring (bicyclic) bond motifs is 1. The lowest BCUT2D eigenvalue weighted by molar-refractivity contribution is 0.104. The smallest absolute Gasteiger partial charge is 0.263 e. The van der Waals surface area contributed by atoms with Crippen molar-refractivity contribution in [2.24, 2.45) is 0 Å². The number of hydrogen-bond acceptors (Lipinski definition) is 5. The summed E-state index contributed by atoms with van der Waals surface area (Å²) in [5.41, 5.74) is 0.230. The molecule has 3 aromatic rings. The molecule has 0 saturated heterocycles. The molecule has 26 heavy (non-hydrogen) atoms. The van der Waals surface area contributed by atoms with E-state index in [4.69, 9.17) is 10.00 Å². The summed E-state index contributed by atoms with van der Waals surface area (Å²) >= 11 is 0. The zero-order valence-corrected chi connectivity index (χ0v) is 13.6. The molecule has 0 aliphatic heterocycles. The number of pyridine rings is 1. The number of nitriles is 1. The average Bonchev–Trinajstić information content (AvgIpc) is 2.65. The van der Waals surface area contributed by atoms with E-state index in [1.54, 1.807) is 48.5 Å². The van der Waals surface area contributed by atoms with Gasteiger partial charge in [0.05, 0.1) is 5.52 Å². The third-order valence-corrected chi connectivity index (χ3v) is 3.75. The number of ketones is 1. The molecule has 0 bridgehead atoms. The predicted octanol–water partition coefficient (Wildman–Crippen LogP) is 3.03. The zero-order valence-electron chi connectivity index (χ0n) is 13.6. The predicted molar refractivity (Wildman–Crippen MR) is 97.1 cm³/mol. The minimum absolute atomic E-state index is 0.0440. The number of para-hydroxylation sites is 1. The van der Waals surface area contributed by atoms with Crippen LogP contribution < -0.4 is 10.3 Å². The van der Waals surface area contributed by atoms with E-state index in [1.165, 1.54) is 12.2 Å². The molecule has 0 amide bonds. The van der Waals surface area contributed by atoms with Crippen molar-refractivity contribution in [1.29, 1.82) is 5.26 Å². The fraction of sp³-hybridized carbons (Fsp3) is 0.0500. The molecule has 0 spiro atoms. The fourth-order valence-electron chi connectivity index (χ4n) is 2.50. The molecule has 2 aromatic carbocycles. The Hall–Kier alpha value is -3.85. The van der Waals surface area contributed by atoms with Gasteiger partial charge in [0.1, 0.15) is 23.1 Å². The Kier molecular flexibility index (Phi) is 4.81. The highest BCUT2D eigenvalue weighted by atomic mass is 16.5. The normalized spacial score (nSPS) is 10.7. The summed E-state index contributed by atoms with van der Waals surface area (Å²) in [4.78, 5) is 27.1. The van der Waals surface area contributed by atoms with E-state index in [0.717, 1.165) is 0 Å². The molecule has 1 heterocycles. The second-order valence-electron chi connectivity index (χ2n) is 5.44. The number of aromatic nitrogens is 1. The van der Waals surface area contributed by atoms with Crippen molar-refractivity contribution in [1.82, 2.24) is 4.98 Å². The van der Waals surface area contributed by atoms with Crippen molar-refractivity contribution < 1.29 is 14.6 Å². The van der Waals surface area contributed by atoms with Gasteiger partial charge in [0.25, 0.3) is 5.56 Å². The summed E-state index contributed by atoms with van der Waals surface area (Å²) in [6.07, 6.45) is 2.76. The van der Waals surface area contributed by atoms with E-state index in [2.05, 4.69) is 4.98 Å². The van der Waals surface area contributed by atoms with Crippen LogP contribution in [0, 0.1) is 11.3 Å². The molecule has 0 unspecified atom stereocenters. The second kappa shape index (κ2) is 7.36. The molecule has 0 radical (unpaired) electrons. The highest BCUT2D eigenvalue weighted by Gasteiger charge is 2.16. The molecule has 0 atom stereocenters. The van der Waals surface area contributed by atoms with E-state index in [0.29, 0.717) is 22.2 Å². The lowest BCUT2D eigenvalue weighted by Crippen LogP contribution is -2.16. The van der Waals surface area contributed by atoms with E-state index >= 15 is 0 Å². The molecule has 0 saturated carbocycles. The molecule has 0 aliphatic rings. The summed E-state index contributed by atoms with van der Waals surface area (Å²) in [7, 11) is 0. The first-order chi connectivity index (χ1) is 12.6. The van der Waals surface area contributed by atoms with Gasteiger partial charge < -0.3 is 14.8 Å². The first kappa shape index (κ1) is 17.0. The van der Waals surface area contributed by atoms with E-state index < -0.39 is 11.3 Å². The summed E-state index contributed by atoms with van der Waals surface area (Å²) in [6.45, 7) is -0.0440. The molecule has 128 valence electrons. The number of nitrogens with one attached hydrogen (secondary N) is 1. The molecule has 6 nitrogen and oxygen atoms in total. The van der Waals surface area contributed by atoms with Gasteiger partial charge in [-0.25, -0.2) is 0 Å². The fourth-order valence-corrected chi connectivity index (χ4v) is 2.50. The number of hydrogen-bond donors (Lipinski definition) is 2. The Morgan fingerprint density at radius 2 is 1.92 bits per heavy atom. The van der Waals surface area contributed by atoms with Gasteiger partial charge >= 0.3 is 0 Å². The van der Waals surface area contributed by atoms with E-state index in [-0.39, 0.29) is 17.9 Å². The molecular formula is C20H14N2O4. The number of carbonyl (C=O) groups excluding carboxylic acids is 1. The number of rotatable bonds is 5. The third kappa shape index (κ3) is 3.47. The van der Waals surface area contributed by atoms with Gasteiger partial charge in [-0.3, -0.25) is 9.59 Å². The van der Waals surface area contributed by atoms with Crippen molar-refractivity contribution in [2.45, 2.75) is 0 Å². The van der Waals surface area contributed by atoms with Crippen LogP contribution in [0.2, 0.25) is 0 Å². The maximum atomic E-state index is 12.4. The largest absolute Gasteiger partial charge is 0.506 e. The highest BCUT2D eigenvalue weighted by molar-refractivity contribution is 6.11. The molecular weight excluding hydrogens is 332 g/mol. The topological polar surface area (TPSA) is 103 Å². The van der Waals surface area contributed by atoms with Crippen molar-refractivity contribution in [3.63, 3.8) is 0 Å².